The Labute approximate surface area is 105 Å². The van der Waals surface area contributed by atoms with Crippen molar-refractivity contribution in [2.75, 3.05) is 0 Å². The maximum atomic E-state index is 10.7. The van der Waals surface area contributed by atoms with E-state index < -0.39 is 0 Å². The van der Waals surface area contributed by atoms with Gasteiger partial charge in [-0.2, -0.15) is 0 Å². The SMILES string of the molecule is Cc1cccc(-c2ccc3nc(C=O)cn3c2)c1. The van der Waals surface area contributed by atoms with Crippen molar-refractivity contribution in [1.29, 1.82) is 0 Å². The number of fused-ring (bicyclic) bond motifs is 1. The van der Waals surface area contributed by atoms with Crippen molar-refractivity contribution in [3.05, 3.63) is 60.0 Å². The molecule has 0 aliphatic heterocycles. The summed E-state index contributed by atoms with van der Waals surface area (Å²) in [6.45, 7) is 2.07. The second-order valence-electron chi connectivity index (χ2n) is 4.34. The number of aromatic nitrogens is 2. The topological polar surface area (TPSA) is 34.4 Å². The fourth-order valence-corrected chi connectivity index (χ4v) is 2.06. The van der Waals surface area contributed by atoms with Crippen LogP contribution in [0.15, 0.2) is 48.8 Å². The summed E-state index contributed by atoms with van der Waals surface area (Å²) in [7, 11) is 0. The lowest BCUT2D eigenvalue weighted by atomic mass is 10.1. The van der Waals surface area contributed by atoms with Gasteiger partial charge in [-0.15, -0.1) is 0 Å². The van der Waals surface area contributed by atoms with Crippen LogP contribution >= 0.6 is 0 Å². The molecule has 0 radical (unpaired) electrons. The van der Waals surface area contributed by atoms with E-state index in [0.717, 1.165) is 17.5 Å². The van der Waals surface area contributed by atoms with Crippen LogP contribution < -0.4 is 0 Å². The van der Waals surface area contributed by atoms with Crippen LogP contribution in [-0.4, -0.2) is 15.7 Å². The Bertz CT molecular complexity index is 728. The fraction of sp³-hybridized carbons (Fsp3) is 0.0667. The summed E-state index contributed by atoms with van der Waals surface area (Å²) in [5.41, 5.74) is 4.75. The lowest BCUT2D eigenvalue weighted by Crippen LogP contribution is -1.85. The van der Waals surface area contributed by atoms with E-state index >= 15 is 0 Å². The van der Waals surface area contributed by atoms with Gasteiger partial charge in [-0.1, -0.05) is 29.8 Å². The van der Waals surface area contributed by atoms with Crippen LogP contribution in [0.2, 0.25) is 0 Å². The molecular formula is C15H12N2O. The third kappa shape index (κ3) is 1.80. The molecule has 0 saturated carbocycles. The largest absolute Gasteiger partial charge is 0.306 e. The third-order valence-electron chi connectivity index (χ3n) is 2.94. The van der Waals surface area contributed by atoms with Gasteiger partial charge in [0.2, 0.25) is 0 Å². The minimum atomic E-state index is 0.455. The van der Waals surface area contributed by atoms with Gasteiger partial charge in [0.05, 0.1) is 0 Å². The van der Waals surface area contributed by atoms with Crippen LogP contribution in [0, 0.1) is 6.92 Å². The van der Waals surface area contributed by atoms with Gasteiger partial charge >= 0.3 is 0 Å². The van der Waals surface area contributed by atoms with Crippen molar-refractivity contribution in [3.8, 4) is 11.1 Å². The first kappa shape index (κ1) is 10.7. The normalized spacial score (nSPS) is 10.7. The predicted molar refractivity (Wildman–Crippen MR) is 70.8 cm³/mol. The Kier molecular flexibility index (Phi) is 2.45. The van der Waals surface area contributed by atoms with E-state index in [-0.39, 0.29) is 0 Å². The summed E-state index contributed by atoms with van der Waals surface area (Å²) in [5, 5.41) is 0. The monoisotopic (exact) mass is 236 g/mol. The number of aryl methyl sites for hydroxylation is 1. The number of carbonyl (C=O) groups excluding carboxylic acids is 1. The van der Waals surface area contributed by atoms with Crippen LogP contribution in [0.3, 0.4) is 0 Å². The standard InChI is InChI=1S/C15H12N2O/c1-11-3-2-4-12(7-11)13-5-6-15-16-14(10-18)9-17(15)8-13/h2-10H,1H3. The third-order valence-corrected chi connectivity index (χ3v) is 2.94. The molecule has 0 atom stereocenters. The molecule has 3 aromatic rings. The Morgan fingerprint density at radius 2 is 2.00 bits per heavy atom. The first-order chi connectivity index (χ1) is 8.76. The van der Waals surface area contributed by atoms with Crippen LogP contribution in [0.4, 0.5) is 0 Å². The number of pyridine rings is 1. The molecule has 3 rings (SSSR count). The zero-order valence-electron chi connectivity index (χ0n) is 10.00. The molecule has 0 fully saturated rings. The van der Waals surface area contributed by atoms with Crippen molar-refractivity contribution in [2.24, 2.45) is 0 Å². The molecule has 2 aromatic heterocycles. The molecule has 0 N–H and O–H groups in total. The number of rotatable bonds is 2. The van der Waals surface area contributed by atoms with E-state index in [1.54, 1.807) is 6.20 Å². The molecule has 0 bridgehead atoms. The van der Waals surface area contributed by atoms with Crippen molar-refractivity contribution in [2.45, 2.75) is 6.92 Å². The Morgan fingerprint density at radius 3 is 2.78 bits per heavy atom. The summed E-state index contributed by atoms with van der Waals surface area (Å²) >= 11 is 0. The van der Waals surface area contributed by atoms with E-state index in [2.05, 4.69) is 30.1 Å². The average Bonchev–Trinajstić information content (AvgIpc) is 2.80. The Hall–Kier alpha value is -2.42. The van der Waals surface area contributed by atoms with Crippen LogP contribution in [0.5, 0.6) is 0 Å². The smallest absolute Gasteiger partial charge is 0.170 e. The number of carbonyl (C=O) groups is 1. The van der Waals surface area contributed by atoms with Crippen molar-refractivity contribution >= 4 is 11.9 Å². The quantitative estimate of drug-likeness (QED) is 0.641. The highest BCUT2D eigenvalue weighted by molar-refractivity contribution is 5.74. The molecule has 0 spiro atoms. The molecule has 0 unspecified atom stereocenters. The minimum Gasteiger partial charge on any atom is -0.306 e. The van der Waals surface area contributed by atoms with Crippen molar-refractivity contribution in [1.82, 2.24) is 9.38 Å². The molecule has 88 valence electrons. The van der Waals surface area contributed by atoms with Crippen molar-refractivity contribution < 1.29 is 4.79 Å². The fourth-order valence-electron chi connectivity index (χ4n) is 2.06. The van der Waals surface area contributed by atoms with Crippen LogP contribution in [-0.2, 0) is 0 Å². The first-order valence-corrected chi connectivity index (χ1v) is 5.77. The van der Waals surface area contributed by atoms with Gasteiger partial charge < -0.3 is 4.40 Å². The summed E-state index contributed by atoms with van der Waals surface area (Å²) in [6.07, 6.45) is 4.49. The van der Waals surface area contributed by atoms with Gasteiger partial charge in [-0.05, 0) is 30.2 Å². The molecule has 0 amide bonds. The zero-order valence-corrected chi connectivity index (χ0v) is 10.00. The predicted octanol–water partition coefficient (Wildman–Crippen LogP) is 3.12. The van der Waals surface area contributed by atoms with Gasteiger partial charge in [0, 0.05) is 12.4 Å². The second-order valence-corrected chi connectivity index (χ2v) is 4.34. The van der Waals surface area contributed by atoms with Gasteiger partial charge in [-0.3, -0.25) is 4.79 Å². The zero-order chi connectivity index (χ0) is 12.5. The Balaban J connectivity index is 2.15. The van der Waals surface area contributed by atoms with Gasteiger partial charge in [-0.25, -0.2) is 4.98 Å². The second kappa shape index (κ2) is 4.11. The minimum absolute atomic E-state index is 0.455. The molecule has 3 nitrogen and oxygen atoms in total. The summed E-state index contributed by atoms with van der Waals surface area (Å²) < 4.78 is 1.88. The van der Waals surface area contributed by atoms with E-state index in [4.69, 9.17) is 0 Å². The van der Waals surface area contributed by atoms with Gasteiger partial charge in [0.25, 0.3) is 0 Å². The lowest BCUT2D eigenvalue weighted by molar-refractivity contribution is 0.111. The maximum Gasteiger partial charge on any atom is 0.170 e. The molecule has 2 heterocycles. The van der Waals surface area contributed by atoms with E-state index in [1.165, 1.54) is 11.1 Å². The highest BCUT2D eigenvalue weighted by Gasteiger charge is 2.03. The lowest BCUT2D eigenvalue weighted by Gasteiger charge is -2.03. The average molecular weight is 236 g/mol. The summed E-state index contributed by atoms with van der Waals surface area (Å²) in [6, 6.07) is 12.3. The number of hydrogen-bond acceptors (Lipinski definition) is 2. The van der Waals surface area contributed by atoms with E-state index in [0.29, 0.717) is 5.69 Å². The van der Waals surface area contributed by atoms with Crippen LogP contribution in [0.1, 0.15) is 16.1 Å². The van der Waals surface area contributed by atoms with Crippen molar-refractivity contribution in [3.63, 3.8) is 0 Å². The molecule has 0 aliphatic carbocycles. The number of nitrogens with zero attached hydrogens (tertiary/aromatic N) is 2. The maximum absolute atomic E-state index is 10.7. The number of hydrogen-bond donors (Lipinski definition) is 0. The van der Waals surface area contributed by atoms with Gasteiger partial charge in [0.15, 0.2) is 6.29 Å². The molecular weight excluding hydrogens is 224 g/mol. The highest BCUT2D eigenvalue weighted by Crippen LogP contribution is 2.21. The molecule has 18 heavy (non-hydrogen) atoms. The molecule has 0 saturated heterocycles. The molecule has 1 aromatic carbocycles. The molecule has 0 aliphatic rings. The van der Waals surface area contributed by atoms with E-state index in [1.807, 2.05) is 28.8 Å². The van der Waals surface area contributed by atoms with E-state index in [9.17, 15) is 4.79 Å². The van der Waals surface area contributed by atoms with Gasteiger partial charge in [0.1, 0.15) is 11.3 Å². The summed E-state index contributed by atoms with van der Waals surface area (Å²) in [4.78, 5) is 14.9. The Morgan fingerprint density at radius 1 is 1.11 bits per heavy atom. The highest BCUT2D eigenvalue weighted by atomic mass is 16.1. The summed E-state index contributed by atoms with van der Waals surface area (Å²) in [5.74, 6) is 0. The number of imidazole rings is 1. The van der Waals surface area contributed by atoms with Crippen LogP contribution in [0.25, 0.3) is 16.8 Å². The first-order valence-electron chi connectivity index (χ1n) is 5.77. The molecule has 3 heteroatoms. The number of benzene rings is 1. The number of aldehydes is 1.